The van der Waals surface area contributed by atoms with Crippen molar-refractivity contribution in [3.8, 4) is 0 Å². The second kappa shape index (κ2) is 6.33. The van der Waals surface area contributed by atoms with Crippen molar-refractivity contribution in [2.75, 3.05) is 12.8 Å². The highest BCUT2D eigenvalue weighted by molar-refractivity contribution is 9.10. The van der Waals surface area contributed by atoms with Gasteiger partial charge in [-0.1, -0.05) is 0 Å². The standard InChI is InChI=1S/C12H11Br2FN2O2S2/c1-17(5-8-2-7(13)6-20-8)21(18,19)12-4-11(16)9(14)3-10(12)15/h2-4,6H,5,16H2,1H3. The molecule has 9 heteroatoms. The minimum absolute atomic E-state index is 0.161. The van der Waals surface area contributed by atoms with E-state index in [2.05, 4.69) is 31.9 Å². The van der Waals surface area contributed by atoms with E-state index in [1.165, 1.54) is 18.4 Å². The summed E-state index contributed by atoms with van der Waals surface area (Å²) in [7, 11) is -2.55. The van der Waals surface area contributed by atoms with Crippen LogP contribution in [0.1, 0.15) is 4.88 Å². The zero-order valence-corrected chi connectivity index (χ0v) is 15.6. The maximum Gasteiger partial charge on any atom is 0.246 e. The van der Waals surface area contributed by atoms with Gasteiger partial charge in [0.25, 0.3) is 0 Å². The van der Waals surface area contributed by atoms with Gasteiger partial charge in [0.2, 0.25) is 10.0 Å². The molecule has 1 heterocycles. The Morgan fingerprint density at radius 3 is 2.57 bits per heavy atom. The molecule has 2 rings (SSSR count). The second-order valence-corrected chi connectivity index (χ2v) is 9.08. The Bertz CT molecular complexity index is 778. The molecule has 1 aromatic heterocycles. The third-order valence-corrected chi connectivity index (χ3v) is 6.93. The van der Waals surface area contributed by atoms with Crippen LogP contribution in [-0.4, -0.2) is 19.8 Å². The van der Waals surface area contributed by atoms with Crippen molar-refractivity contribution >= 4 is 58.9 Å². The minimum atomic E-state index is -3.95. The summed E-state index contributed by atoms with van der Waals surface area (Å²) in [6.45, 7) is 0.161. The van der Waals surface area contributed by atoms with E-state index < -0.39 is 20.7 Å². The number of nitrogens with two attached hydrogens (primary N) is 1. The smallest absolute Gasteiger partial charge is 0.246 e. The lowest BCUT2D eigenvalue weighted by atomic mass is 10.3. The molecule has 114 valence electrons. The molecule has 2 aromatic rings. The summed E-state index contributed by atoms with van der Waals surface area (Å²) in [5, 5.41) is 1.86. The van der Waals surface area contributed by atoms with Crippen LogP contribution in [0.3, 0.4) is 0 Å². The molecule has 0 saturated carbocycles. The largest absolute Gasteiger partial charge is 0.398 e. The van der Waals surface area contributed by atoms with Crippen LogP contribution in [0.4, 0.5) is 10.1 Å². The number of nitrogens with zero attached hydrogens (tertiary/aromatic N) is 1. The number of hydrogen-bond acceptors (Lipinski definition) is 4. The van der Waals surface area contributed by atoms with Crippen LogP contribution in [0.2, 0.25) is 0 Å². The first kappa shape index (κ1) is 16.9. The lowest BCUT2D eigenvalue weighted by molar-refractivity contribution is 0.462. The summed E-state index contributed by atoms with van der Waals surface area (Å²) in [4.78, 5) is 0.416. The van der Waals surface area contributed by atoms with Crippen molar-refractivity contribution in [1.82, 2.24) is 4.31 Å². The average molecular weight is 458 g/mol. The van der Waals surface area contributed by atoms with Crippen LogP contribution in [-0.2, 0) is 16.6 Å². The molecule has 0 radical (unpaired) electrons. The van der Waals surface area contributed by atoms with Crippen molar-refractivity contribution in [2.45, 2.75) is 11.4 Å². The molecule has 0 fully saturated rings. The van der Waals surface area contributed by atoms with Crippen molar-refractivity contribution < 1.29 is 12.8 Å². The van der Waals surface area contributed by atoms with Crippen molar-refractivity contribution in [3.05, 3.63) is 43.2 Å². The van der Waals surface area contributed by atoms with Gasteiger partial charge in [0.05, 0.1) is 0 Å². The van der Waals surface area contributed by atoms with Crippen LogP contribution in [0, 0.1) is 5.82 Å². The fourth-order valence-corrected chi connectivity index (χ4v) is 4.78. The van der Waals surface area contributed by atoms with Gasteiger partial charge in [0.15, 0.2) is 0 Å². The first-order chi connectivity index (χ1) is 9.71. The van der Waals surface area contributed by atoms with Crippen LogP contribution < -0.4 is 5.73 Å². The molecule has 4 nitrogen and oxygen atoms in total. The molecule has 0 aliphatic rings. The minimum Gasteiger partial charge on any atom is -0.398 e. The summed E-state index contributed by atoms with van der Waals surface area (Å²) in [6.07, 6.45) is 0. The number of halogens is 3. The van der Waals surface area contributed by atoms with Gasteiger partial charge in [-0.05, 0) is 50.1 Å². The van der Waals surface area contributed by atoms with E-state index in [0.717, 1.165) is 25.8 Å². The van der Waals surface area contributed by atoms with Gasteiger partial charge in [-0.15, -0.1) is 11.3 Å². The van der Waals surface area contributed by atoms with E-state index >= 15 is 0 Å². The van der Waals surface area contributed by atoms with Gasteiger partial charge in [0, 0.05) is 38.5 Å². The summed E-state index contributed by atoms with van der Waals surface area (Å²) in [5.74, 6) is -0.838. The monoisotopic (exact) mass is 456 g/mol. The predicted octanol–water partition coefficient (Wildman–Crippen LogP) is 3.82. The number of sulfonamides is 1. The topological polar surface area (TPSA) is 63.4 Å². The Kier molecular flexibility index (Phi) is 5.09. The van der Waals surface area contributed by atoms with E-state index in [1.54, 1.807) is 0 Å². The molecule has 0 spiro atoms. The maximum absolute atomic E-state index is 13.9. The third-order valence-electron chi connectivity index (χ3n) is 2.74. The molecule has 0 aliphatic carbocycles. The molecule has 0 bridgehead atoms. The van der Waals surface area contributed by atoms with Crippen LogP contribution in [0.25, 0.3) is 0 Å². The molecule has 21 heavy (non-hydrogen) atoms. The highest BCUT2D eigenvalue weighted by atomic mass is 79.9. The van der Waals surface area contributed by atoms with Crippen LogP contribution >= 0.6 is 43.2 Å². The summed E-state index contributed by atoms with van der Waals surface area (Å²) in [5.41, 5.74) is 5.81. The van der Waals surface area contributed by atoms with Crippen molar-refractivity contribution in [2.24, 2.45) is 0 Å². The summed E-state index contributed by atoms with van der Waals surface area (Å²) >= 11 is 7.79. The Labute approximate surface area is 143 Å². The second-order valence-electron chi connectivity index (χ2n) is 4.30. The maximum atomic E-state index is 13.9. The summed E-state index contributed by atoms with van der Waals surface area (Å²) < 4.78 is 41.1. The molecule has 0 saturated heterocycles. The number of nitrogen functional groups attached to an aromatic ring is 1. The zero-order chi connectivity index (χ0) is 15.8. The number of rotatable bonds is 4. The predicted molar refractivity (Wildman–Crippen MR) is 89.2 cm³/mol. The normalized spacial score (nSPS) is 12.0. The molecular weight excluding hydrogens is 447 g/mol. The number of anilines is 1. The molecule has 0 amide bonds. The van der Waals surface area contributed by atoms with E-state index in [0.29, 0.717) is 4.47 Å². The highest BCUT2D eigenvalue weighted by Crippen LogP contribution is 2.29. The van der Waals surface area contributed by atoms with Gasteiger partial charge in [-0.25, -0.2) is 12.8 Å². The van der Waals surface area contributed by atoms with Crippen LogP contribution in [0.15, 0.2) is 37.4 Å². The Balaban J connectivity index is 2.35. The Hall–Kier alpha value is -0.480. The molecular formula is C12H11Br2FN2O2S2. The molecule has 2 N–H and O–H groups in total. The lowest BCUT2D eigenvalue weighted by Crippen LogP contribution is -2.27. The fraction of sp³-hybridized carbons (Fsp3) is 0.167. The first-order valence-electron chi connectivity index (χ1n) is 5.65. The number of thiophene rings is 1. The fourth-order valence-electron chi connectivity index (χ4n) is 1.65. The van der Waals surface area contributed by atoms with Gasteiger partial charge < -0.3 is 5.73 Å². The van der Waals surface area contributed by atoms with E-state index in [9.17, 15) is 12.8 Å². The van der Waals surface area contributed by atoms with E-state index in [-0.39, 0.29) is 12.2 Å². The van der Waals surface area contributed by atoms with Gasteiger partial charge in [-0.3, -0.25) is 0 Å². The van der Waals surface area contributed by atoms with Crippen molar-refractivity contribution in [1.29, 1.82) is 0 Å². The average Bonchev–Trinajstić information content (AvgIpc) is 2.79. The quantitative estimate of drug-likeness (QED) is 0.710. The zero-order valence-electron chi connectivity index (χ0n) is 10.8. The van der Waals surface area contributed by atoms with Crippen molar-refractivity contribution in [3.63, 3.8) is 0 Å². The molecule has 0 aliphatic heterocycles. The van der Waals surface area contributed by atoms with Gasteiger partial charge >= 0.3 is 0 Å². The van der Waals surface area contributed by atoms with Crippen LogP contribution in [0.5, 0.6) is 0 Å². The van der Waals surface area contributed by atoms with Gasteiger partial charge in [-0.2, -0.15) is 4.31 Å². The Morgan fingerprint density at radius 1 is 1.33 bits per heavy atom. The number of benzene rings is 1. The third kappa shape index (κ3) is 3.65. The highest BCUT2D eigenvalue weighted by Gasteiger charge is 2.26. The molecule has 0 atom stereocenters. The van der Waals surface area contributed by atoms with E-state index in [4.69, 9.17) is 5.73 Å². The lowest BCUT2D eigenvalue weighted by Gasteiger charge is -2.17. The SMILES string of the molecule is CN(Cc1cc(Br)cs1)S(=O)(=O)c1cc(N)c(Br)cc1F. The Morgan fingerprint density at radius 2 is 2.00 bits per heavy atom. The first-order valence-corrected chi connectivity index (χ1v) is 9.56. The molecule has 0 unspecified atom stereocenters. The summed E-state index contributed by atoms with van der Waals surface area (Å²) in [6, 6.07) is 4.00. The number of hydrogen-bond donors (Lipinski definition) is 1. The van der Waals surface area contributed by atoms with Gasteiger partial charge in [0.1, 0.15) is 10.7 Å². The van der Waals surface area contributed by atoms with E-state index in [1.807, 2.05) is 11.4 Å². The molecule has 1 aromatic carbocycles.